The normalized spacial score (nSPS) is 10.8. The molecular weight excluding hydrogens is 272 g/mol. The summed E-state index contributed by atoms with van der Waals surface area (Å²) < 4.78 is 1.93. The van der Waals surface area contributed by atoms with Crippen LogP contribution in [0.4, 0.5) is 5.69 Å². The first-order valence-electron chi connectivity index (χ1n) is 6.47. The van der Waals surface area contributed by atoms with E-state index in [-0.39, 0.29) is 5.91 Å². The third-order valence-electron chi connectivity index (χ3n) is 2.51. The zero-order chi connectivity index (χ0) is 14.5. The van der Waals surface area contributed by atoms with Crippen molar-refractivity contribution in [2.24, 2.45) is 5.92 Å². The van der Waals surface area contributed by atoms with Crippen LogP contribution < -0.4 is 5.32 Å². The van der Waals surface area contributed by atoms with Crippen molar-refractivity contribution in [2.75, 3.05) is 11.1 Å². The number of nitrogens with zero attached hydrogens (tertiary/aromatic N) is 3. The van der Waals surface area contributed by atoms with Crippen LogP contribution in [0.2, 0.25) is 0 Å². The number of amides is 1. The van der Waals surface area contributed by atoms with Crippen molar-refractivity contribution in [1.82, 2.24) is 14.8 Å². The van der Waals surface area contributed by atoms with E-state index in [0.29, 0.717) is 5.92 Å². The summed E-state index contributed by atoms with van der Waals surface area (Å²) in [5.74, 6) is 1.50. The summed E-state index contributed by atoms with van der Waals surface area (Å²) >= 11 is 1.68. The van der Waals surface area contributed by atoms with E-state index in [9.17, 15) is 4.79 Å². The Morgan fingerprint density at radius 2 is 2.25 bits per heavy atom. The van der Waals surface area contributed by atoms with Crippen molar-refractivity contribution >= 4 is 23.4 Å². The van der Waals surface area contributed by atoms with Crippen LogP contribution in [0.15, 0.2) is 35.7 Å². The Hall–Kier alpha value is -1.82. The summed E-state index contributed by atoms with van der Waals surface area (Å²) in [5, 5.41) is 11.8. The molecule has 1 heterocycles. The van der Waals surface area contributed by atoms with Crippen molar-refractivity contribution in [3.63, 3.8) is 0 Å². The number of carbonyl (C=O) groups excluding carboxylic acids is 1. The van der Waals surface area contributed by atoms with Gasteiger partial charge in [-0.2, -0.15) is 0 Å². The molecule has 0 aliphatic heterocycles. The number of carbonyl (C=O) groups is 1. The lowest BCUT2D eigenvalue weighted by Crippen LogP contribution is -2.06. The molecule has 2 aromatic rings. The fourth-order valence-corrected chi connectivity index (χ4v) is 2.56. The van der Waals surface area contributed by atoms with Gasteiger partial charge in [-0.3, -0.25) is 9.36 Å². The van der Waals surface area contributed by atoms with Crippen molar-refractivity contribution < 1.29 is 4.79 Å². The first-order valence-corrected chi connectivity index (χ1v) is 7.45. The highest BCUT2D eigenvalue weighted by Crippen LogP contribution is 2.23. The lowest BCUT2D eigenvalue weighted by Gasteiger charge is -2.09. The van der Waals surface area contributed by atoms with Crippen LogP contribution in [0.25, 0.3) is 5.69 Å². The van der Waals surface area contributed by atoms with Gasteiger partial charge < -0.3 is 5.32 Å². The third kappa shape index (κ3) is 3.84. The average Bonchev–Trinajstić information content (AvgIpc) is 2.84. The van der Waals surface area contributed by atoms with E-state index in [4.69, 9.17) is 0 Å². The van der Waals surface area contributed by atoms with Crippen LogP contribution in [0.5, 0.6) is 0 Å². The van der Waals surface area contributed by atoms with Gasteiger partial charge in [0.1, 0.15) is 6.33 Å². The zero-order valence-electron chi connectivity index (χ0n) is 11.8. The number of benzene rings is 1. The Morgan fingerprint density at radius 1 is 1.45 bits per heavy atom. The minimum absolute atomic E-state index is 0.0830. The molecule has 106 valence electrons. The number of aromatic nitrogens is 3. The summed E-state index contributed by atoms with van der Waals surface area (Å²) in [6, 6.07) is 7.63. The Balaban J connectivity index is 2.23. The average molecular weight is 290 g/mol. The number of anilines is 1. The Kier molecular flexibility index (Phi) is 4.79. The fourth-order valence-electron chi connectivity index (χ4n) is 1.68. The molecule has 1 aromatic heterocycles. The molecule has 5 nitrogen and oxygen atoms in total. The maximum Gasteiger partial charge on any atom is 0.221 e. The molecule has 20 heavy (non-hydrogen) atoms. The van der Waals surface area contributed by atoms with E-state index >= 15 is 0 Å². The molecule has 1 amide bonds. The van der Waals surface area contributed by atoms with Gasteiger partial charge in [0.2, 0.25) is 5.91 Å². The smallest absolute Gasteiger partial charge is 0.221 e. The molecule has 0 atom stereocenters. The van der Waals surface area contributed by atoms with Crippen molar-refractivity contribution in [2.45, 2.75) is 25.9 Å². The van der Waals surface area contributed by atoms with Crippen LogP contribution in [-0.2, 0) is 4.79 Å². The van der Waals surface area contributed by atoms with Gasteiger partial charge in [-0.05, 0) is 24.1 Å². The fraction of sp³-hybridized carbons (Fsp3) is 0.357. The van der Waals surface area contributed by atoms with E-state index in [1.165, 1.54) is 6.92 Å². The first-order chi connectivity index (χ1) is 9.56. The monoisotopic (exact) mass is 290 g/mol. The highest BCUT2D eigenvalue weighted by molar-refractivity contribution is 7.99. The molecule has 0 saturated carbocycles. The zero-order valence-corrected chi connectivity index (χ0v) is 12.6. The molecular formula is C14H18N4OS. The molecule has 1 N–H and O–H groups in total. The van der Waals surface area contributed by atoms with Crippen LogP contribution in [0.3, 0.4) is 0 Å². The number of hydrogen-bond acceptors (Lipinski definition) is 4. The van der Waals surface area contributed by atoms with Gasteiger partial charge in [-0.15, -0.1) is 10.2 Å². The quantitative estimate of drug-likeness (QED) is 0.860. The van der Waals surface area contributed by atoms with Gasteiger partial charge in [0.05, 0.1) is 5.69 Å². The van der Waals surface area contributed by atoms with Gasteiger partial charge in [0.15, 0.2) is 5.16 Å². The van der Waals surface area contributed by atoms with E-state index < -0.39 is 0 Å². The molecule has 0 unspecified atom stereocenters. The van der Waals surface area contributed by atoms with Crippen molar-refractivity contribution in [1.29, 1.82) is 0 Å². The van der Waals surface area contributed by atoms with E-state index in [1.807, 2.05) is 28.8 Å². The number of thioether (sulfide) groups is 1. The maximum atomic E-state index is 11.1. The highest BCUT2D eigenvalue weighted by Gasteiger charge is 2.08. The lowest BCUT2D eigenvalue weighted by atomic mass is 10.2. The summed E-state index contributed by atoms with van der Waals surface area (Å²) in [5.41, 5.74) is 1.70. The second-order valence-corrected chi connectivity index (χ2v) is 5.91. The second-order valence-electron chi connectivity index (χ2n) is 4.92. The van der Waals surface area contributed by atoms with Crippen molar-refractivity contribution in [3.05, 3.63) is 30.6 Å². The van der Waals surface area contributed by atoms with Gasteiger partial charge in [0.25, 0.3) is 0 Å². The highest BCUT2D eigenvalue weighted by atomic mass is 32.2. The molecule has 0 fully saturated rings. The minimum Gasteiger partial charge on any atom is -0.326 e. The number of rotatable bonds is 5. The predicted molar refractivity (Wildman–Crippen MR) is 81.2 cm³/mol. The van der Waals surface area contributed by atoms with Crippen LogP contribution in [-0.4, -0.2) is 26.4 Å². The van der Waals surface area contributed by atoms with Crippen LogP contribution in [0, 0.1) is 5.92 Å². The first kappa shape index (κ1) is 14.6. The van der Waals surface area contributed by atoms with Gasteiger partial charge in [0, 0.05) is 18.4 Å². The molecule has 0 bridgehead atoms. The molecule has 0 aliphatic rings. The topological polar surface area (TPSA) is 59.8 Å². The molecule has 0 saturated heterocycles. The lowest BCUT2D eigenvalue weighted by molar-refractivity contribution is -0.114. The summed E-state index contributed by atoms with van der Waals surface area (Å²) in [7, 11) is 0. The van der Waals surface area contributed by atoms with Crippen LogP contribution >= 0.6 is 11.8 Å². The maximum absolute atomic E-state index is 11.1. The molecule has 2 rings (SSSR count). The molecule has 0 radical (unpaired) electrons. The van der Waals surface area contributed by atoms with E-state index in [2.05, 4.69) is 29.4 Å². The van der Waals surface area contributed by atoms with Gasteiger partial charge in [-0.25, -0.2) is 0 Å². The summed E-state index contributed by atoms with van der Waals surface area (Å²) in [4.78, 5) is 11.1. The van der Waals surface area contributed by atoms with Crippen molar-refractivity contribution in [3.8, 4) is 5.69 Å². The predicted octanol–water partition coefficient (Wildman–Crippen LogP) is 2.97. The van der Waals surface area contributed by atoms with Gasteiger partial charge >= 0.3 is 0 Å². The largest absolute Gasteiger partial charge is 0.326 e. The van der Waals surface area contributed by atoms with Gasteiger partial charge in [-0.1, -0.05) is 31.7 Å². The van der Waals surface area contributed by atoms with E-state index in [0.717, 1.165) is 22.3 Å². The SMILES string of the molecule is CC(=O)Nc1cccc(-n2cnnc2SCC(C)C)c1. The second kappa shape index (κ2) is 6.56. The molecule has 1 aromatic carbocycles. The van der Waals surface area contributed by atoms with E-state index in [1.54, 1.807) is 18.1 Å². The Bertz CT molecular complexity index is 594. The Morgan fingerprint density at radius 3 is 2.95 bits per heavy atom. The molecule has 0 spiro atoms. The number of nitrogens with one attached hydrogen (secondary N) is 1. The Labute approximate surface area is 122 Å². The standard InChI is InChI=1S/C14H18N4OS/c1-10(2)8-20-14-17-15-9-18(14)13-6-4-5-12(7-13)16-11(3)19/h4-7,9-10H,8H2,1-3H3,(H,16,19). The summed E-state index contributed by atoms with van der Waals surface area (Å²) in [6.07, 6.45) is 1.69. The minimum atomic E-state index is -0.0830. The molecule has 6 heteroatoms. The third-order valence-corrected chi connectivity index (χ3v) is 3.88. The van der Waals surface area contributed by atoms with Crippen LogP contribution in [0.1, 0.15) is 20.8 Å². The summed E-state index contributed by atoms with van der Waals surface area (Å²) in [6.45, 7) is 5.84. The molecule has 0 aliphatic carbocycles. The number of hydrogen-bond donors (Lipinski definition) is 1.